The van der Waals surface area contributed by atoms with E-state index in [9.17, 15) is 4.79 Å². The molecule has 0 amide bonds. The summed E-state index contributed by atoms with van der Waals surface area (Å²) in [7, 11) is 0. The summed E-state index contributed by atoms with van der Waals surface area (Å²) in [6.07, 6.45) is 0. The first-order valence-corrected chi connectivity index (χ1v) is 7.90. The van der Waals surface area contributed by atoms with E-state index in [4.69, 9.17) is 16.3 Å². The van der Waals surface area contributed by atoms with Gasteiger partial charge in [-0.15, -0.1) is 0 Å². The average molecular weight is 376 g/mol. The molecule has 0 heterocycles. The van der Waals surface area contributed by atoms with E-state index in [1.165, 1.54) is 0 Å². The molecule has 0 bridgehead atoms. The van der Waals surface area contributed by atoms with Gasteiger partial charge in [-0.05, 0) is 47.2 Å². The number of Topliss-reactive ketones (excluding diaryl/α,β-unsaturated/α-hetero) is 1. The van der Waals surface area contributed by atoms with Crippen LogP contribution in [-0.2, 0) is 0 Å². The Hall–Kier alpha value is -1.84. The normalized spacial score (nSPS) is 10.6. The minimum atomic E-state index is -0.0987. The van der Waals surface area contributed by atoms with E-state index in [2.05, 4.69) is 15.9 Å². The van der Waals surface area contributed by atoms with E-state index in [1.54, 1.807) is 24.3 Å². The molecular formula is C18H12BrClO2. The molecule has 0 aliphatic rings. The van der Waals surface area contributed by atoms with Crippen LogP contribution in [0.4, 0.5) is 0 Å². The Kier molecular flexibility index (Phi) is 4.46. The molecule has 4 heteroatoms. The number of carbonyl (C=O) groups is 1. The molecule has 0 saturated carbocycles. The summed E-state index contributed by atoms with van der Waals surface area (Å²) in [5.41, 5.74) is 0.553. The number of hydrogen-bond donors (Lipinski definition) is 0. The summed E-state index contributed by atoms with van der Waals surface area (Å²) in [4.78, 5) is 12.1. The maximum Gasteiger partial charge on any atom is 0.200 e. The first-order valence-electron chi connectivity index (χ1n) is 6.73. The molecule has 0 atom stereocenters. The third kappa shape index (κ3) is 3.49. The van der Waals surface area contributed by atoms with Crippen molar-refractivity contribution in [1.29, 1.82) is 0 Å². The molecule has 0 unspecified atom stereocenters. The first kappa shape index (κ1) is 15.1. The zero-order valence-electron chi connectivity index (χ0n) is 11.6. The summed E-state index contributed by atoms with van der Waals surface area (Å²) in [5.74, 6) is 0.573. The van der Waals surface area contributed by atoms with Gasteiger partial charge in [0.05, 0.1) is 0 Å². The van der Waals surface area contributed by atoms with Gasteiger partial charge in [0.2, 0.25) is 0 Å². The summed E-state index contributed by atoms with van der Waals surface area (Å²) in [5, 5.41) is 2.72. The molecule has 3 rings (SSSR count). The van der Waals surface area contributed by atoms with Crippen molar-refractivity contribution >= 4 is 44.1 Å². The summed E-state index contributed by atoms with van der Waals surface area (Å²) >= 11 is 9.33. The fraction of sp³-hybridized carbons (Fsp3) is 0.0556. The van der Waals surface area contributed by atoms with Gasteiger partial charge in [0.1, 0.15) is 5.75 Å². The third-order valence-electron chi connectivity index (χ3n) is 3.29. The second kappa shape index (κ2) is 6.51. The standard InChI is InChI=1S/C18H12BrClO2/c19-15-6-4-13-10-17(7-5-12(13)8-15)22-11-18(21)14-2-1-3-16(20)9-14/h1-10H,11H2. The van der Waals surface area contributed by atoms with Gasteiger partial charge in [0.25, 0.3) is 0 Å². The van der Waals surface area contributed by atoms with E-state index in [0.29, 0.717) is 16.3 Å². The molecule has 3 aromatic rings. The fourth-order valence-corrected chi connectivity index (χ4v) is 2.75. The maximum absolute atomic E-state index is 12.1. The molecule has 0 aromatic heterocycles. The van der Waals surface area contributed by atoms with Gasteiger partial charge in [-0.1, -0.05) is 51.8 Å². The van der Waals surface area contributed by atoms with Crippen LogP contribution in [0, 0.1) is 0 Å². The van der Waals surface area contributed by atoms with Crippen molar-refractivity contribution in [3.63, 3.8) is 0 Å². The Bertz CT molecular complexity index is 845. The molecule has 0 aliphatic carbocycles. The van der Waals surface area contributed by atoms with Crippen LogP contribution in [0.1, 0.15) is 10.4 Å². The summed E-state index contributed by atoms with van der Waals surface area (Å²) in [6.45, 7) is -0.0115. The second-order valence-corrected chi connectivity index (χ2v) is 6.23. The lowest BCUT2D eigenvalue weighted by atomic mass is 10.1. The Morgan fingerprint density at radius 2 is 1.77 bits per heavy atom. The van der Waals surface area contributed by atoms with Gasteiger partial charge in [-0.2, -0.15) is 0 Å². The zero-order valence-corrected chi connectivity index (χ0v) is 13.9. The molecule has 0 N–H and O–H groups in total. The van der Waals surface area contributed by atoms with Crippen molar-refractivity contribution in [3.05, 3.63) is 75.7 Å². The third-order valence-corrected chi connectivity index (χ3v) is 4.02. The van der Waals surface area contributed by atoms with Crippen molar-refractivity contribution < 1.29 is 9.53 Å². The second-order valence-electron chi connectivity index (χ2n) is 4.88. The van der Waals surface area contributed by atoms with E-state index in [1.807, 2.05) is 36.4 Å². The molecule has 22 heavy (non-hydrogen) atoms. The first-order chi connectivity index (χ1) is 10.6. The van der Waals surface area contributed by atoms with Gasteiger partial charge in [-0.25, -0.2) is 0 Å². The van der Waals surface area contributed by atoms with E-state index < -0.39 is 0 Å². The quantitative estimate of drug-likeness (QED) is 0.561. The molecule has 0 fully saturated rings. The number of halogens is 2. The lowest BCUT2D eigenvalue weighted by Gasteiger charge is -2.07. The lowest BCUT2D eigenvalue weighted by molar-refractivity contribution is 0.0921. The Morgan fingerprint density at radius 3 is 2.59 bits per heavy atom. The highest BCUT2D eigenvalue weighted by atomic mass is 79.9. The van der Waals surface area contributed by atoms with Crippen LogP contribution >= 0.6 is 27.5 Å². The lowest BCUT2D eigenvalue weighted by Crippen LogP contribution is -2.11. The van der Waals surface area contributed by atoms with Crippen LogP contribution in [0.15, 0.2) is 65.1 Å². The average Bonchev–Trinajstić information content (AvgIpc) is 2.52. The molecule has 0 aliphatic heterocycles. The number of fused-ring (bicyclic) bond motifs is 1. The SMILES string of the molecule is O=C(COc1ccc2cc(Br)ccc2c1)c1cccc(Cl)c1. The molecule has 0 radical (unpaired) electrons. The molecule has 2 nitrogen and oxygen atoms in total. The van der Waals surface area contributed by atoms with E-state index in [-0.39, 0.29) is 12.4 Å². The van der Waals surface area contributed by atoms with Gasteiger partial charge in [0, 0.05) is 15.1 Å². The van der Waals surface area contributed by atoms with Gasteiger partial charge < -0.3 is 4.74 Å². The molecule has 3 aromatic carbocycles. The van der Waals surface area contributed by atoms with Crippen LogP contribution in [0.5, 0.6) is 5.75 Å². The Labute approximate surface area is 141 Å². The predicted molar refractivity (Wildman–Crippen MR) is 92.9 cm³/mol. The minimum absolute atomic E-state index is 0.0115. The highest BCUT2D eigenvalue weighted by Crippen LogP contribution is 2.24. The number of rotatable bonds is 4. The smallest absolute Gasteiger partial charge is 0.200 e. The number of carbonyl (C=O) groups excluding carboxylic acids is 1. The van der Waals surface area contributed by atoms with Crippen LogP contribution < -0.4 is 4.74 Å². The van der Waals surface area contributed by atoms with Crippen LogP contribution in [0.2, 0.25) is 5.02 Å². The number of benzene rings is 3. The molecule has 0 spiro atoms. The Morgan fingerprint density at radius 1 is 1.00 bits per heavy atom. The van der Waals surface area contributed by atoms with Gasteiger partial charge in [-0.3, -0.25) is 4.79 Å². The summed E-state index contributed by atoms with van der Waals surface area (Å²) < 4.78 is 6.63. The highest BCUT2D eigenvalue weighted by Gasteiger charge is 2.07. The Balaban J connectivity index is 1.73. The van der Waals surface area contributed by atoms with Crippen LogP contribution in [0.25, 0.3) is 10.8 Å². The van der Waals surface area contributed by atoms with Gasteiger partial charge in [0.15, 0.2) is 12.4 Å². The van der Waals surface area contributed by atoms with Crippen LogP contribution in [-0.4, -0.2) is 12.4 Å². The molecule has 110 valence electrons. The van der Waals surface area contributed by atoms with Crippen molar-refractivity contribution in [2.45, 2.75) is 0 Å². The predicted octanol–water partition coefficient (Wildman–Crippen LogP) is 5.52. The minimum Gasteiger partial charge on any atom is -0.485 e. The largest absolute Gasteiger partial charge is 0.485 e. The zero-order chi connectivity index (χ0) is 15.5. The molecule has 0 saturated heterocycles. The highest BCUT2D eigenvalue weighted by molar-refractivity contribution is 9.10. The fourth-order valence-electron chi connectivity index (χ4n) is 2.18. The van der Waals surface area contributed by atoms with Gasteiger partial charge >= 0.3 is 0 Å². The number of ether oxygens (including phenoxy) is 1. The van der Waals surface area contributed by atoms with E-state index >= 15 is 0 Å². The monoisotopic (exact) mass is 374 g/mol. The van der Waals surface area contributed by atoms with E-state index in [0.717, 1.165) is 15.2 Å². The summed E-state index contributed by atoms with van der Waals surface area (Å²) in [6, 6.07) is 18.6. The number of ketones is 1. The topological polar surface area (TPSA) is 26.3 Å². The molecular weight excluding hydrogens is 364 g/mol. The van der Waals surface area contributed by atoms with Crippen LogP contribution in [0.3, 0.4) is 0 Å². The maximum atomic E-state index is 12.1. The van der Waals surface area contributed by atoms with Crippen molar-refractivity contribution in [1.82, 2.24) is 0 Å². The van der Waals surface area contributed by atoms with Crippen molar-refractivity contribution in [3.8, 4) is 5.75 Å². The van der Waals surface area contributed by atoms with Crippen molar-refractivity contribution in [2.75, 3.05) is 6.61 Å². The number of hydrogen-bond acceptors (Lipinski definition) is 2. The van der Waals surface area contributed by atoms with Crippen molar-refractivity contribution in [2.24, 2.45) is 0 Å².